The molecule has 3 nitrogen and oxygen atoms in total. The summed E-state index contributed by atoms with van der Waals surface area (Å²) in [6.45, 7) is 2.95. The van der Waals surface area contributed by atoms with Crippen LogP contribution in [0.5, 0.6) is 0 Å². The second kappa shape index (κ2) is 4.82. The molecule has 1 N–H and O–H groups in total. The fourth-order valence-electron chi connectivity index (χ4n) is 2.92. The molecule has 0 amide bonds. The molecule has 1 heterocycles. The molecule has 0 aliphatic heterocycles. The Kier molecular flexibility index (Phi) is 3.15. The van der Waals surface area contributed by atoms with Gasteiger partial charge in [0.25, 0.3) is 0 Å². The Morgan fingerprint density at radius 2 is 2.21 bits per heavy atom. The lowest BCUT2D eigenvalue weighted by atomic mass is 9.86. The largest absolute Gasteiger partial charge is 0.385 e. The van der Waals surface area contributed by atoms with Crippen LogP contribution in [-0.4, -0.2) is 20.5 Å². The number of nitrogens with zero attached hydrogens (tertiary/aromatic N) is 2. The van der Waals surface area contributed by atoms with Gasteiger partial charge in [-0.3, -0.25) is 4.68 Å². The van der Waals surface area contributed by atoms with Gasteiger partial charge in [0.15, 0.2) is 0 Å². The SMILES string of the molecule is CCn1nc(CC2(O)C=CCCC2)c2ccccc21. The lowest BCUT2D eigenvalue weighted by Gasteiger charge is -2.26. The van der Waals surface area contributed by atoms with Gasteiger partial charge in [0.2, 0.25) is 0 Å². The van der Waals surface area contributed by atoms with Crippen LogP contribution in [0.1, 0.15) is 31.9 Å². The molecule has 0 saturated heterocycles. The summed E-state index contributed by atoms with van der Waals surface area (Å²) in [4.78, 5) is 0. The average molecular weight is 256 g/mol. The van der Waals surface area contributed by atoms with Crippen molar-refractivity contribution in [1.82, 2.24) is 9.78 Å². The van der Waals surface area contributed by atoms with E-state index in [-0.39, 0.29) is 0 Å². The fraction of sp³-hybridized carbons (Fsp3) is 0.438. The molecule has 19 heavy (non-hydrogen) atoms. The van der Waals surface area contributed by atoms with Crippen molar-refractivity contribution in [3.63, 3.8) is 0 Å². The fourth-order valence-corrected chi connectivity index (χ4v) is 2.92. The van der Waals surface area contributed by atoms with Crippen LogP contribution in [0, 0.1) is 0 Å². The van der Waals surface area contributed by atoms with Gasteiger partial charge in [0, 0.05) is 18.4 Å². The maximum absolute atomic E-state index is 10.6. The van der Waals surface area contributed by atoms with E-state index in [0.29, 0.717) is 6.42 Å². The number of aromatic nitrogens is 2. The van der Waals surface area contributed by atoms with Crippen LogP contribution in [0.2, 0.25) is 0 Å². The van der Waals surface area contributed by atoms with E-state index in [1.165, 1.54) is 0 Å². The summed E-state index contributed by atoms with van der Waals surface area (Å²) in [6, 6.07) is 8.26. The third kappa shape index (κ3) is 2.30. The molecule has 0 bridgehead atoms. The second-order valence-corrected chi connectivity index (χ2v) is 5.35. The third-order valence-corrected chi connectivity index (χ3v) is 3.92. The number of benzene rings is 1. The molecule has 0 radical (unpaired) electrons. The molecular formula is C16H20N2O. The van der Waals surface area contributed by atoms with E-state index in [2.05, 4.69) is 30.2 Å². The summed E-state index contributed by atoms with van der Waals surface area (Å²) in [7, 11) is 0. The van der Waals surface area contributed by atoms with Crippen LogP contribution in [0.3, 0.4) is 0 Å². The summed E-state index contributed by atoms with van der Waals surface area (Å²) in [5, 5.41) is 16.5. The third-order valence-electron chi connectivity index (χ3n) is 3.92. The minimum atomic E-state index is -0.714. The Morgan fingerprint density at radius 3 is 2.95 bits per heavy atom. The van der Waals surface area contributed by atoms with Gasteiger partial charge in [-0.25, -0.2) is 0 Å². The molecule has 1 aromatic carbocycles. The second-order valence-electron chi connectivity index (χ2n) is 5.35. The van der Waals surface area contributed by atoms with Crippen LogP contribution in [0.4, 0.5) is 0 Å². The number of aliphatic hydroxyl groups is 1. The van der Waals surface area contributed by atoms with Crippen molar-refractivity contribution in [2.45, 2.75) is 44.8 Å². The van der Waals surface area contributed by atoms with Gasteiger partial charge in [-0.15, -0.1) is 0 Å². The lowest BCUT2D eigenvalue weighted by Crippen LogP contribution is -2.30. The molecule has 1 unspecified atom stereocenters. The molecular weight excluding hydrogens is 236 g/mol. The molecule has 1 aliphatic rings. The zero-order valence-corrected chi connectivity index (χ0v) is 11.3. The van der Waals surface area contributed by atoms with Gasteiger partial charge in [-0.1, -0.05) is 30.4 Å². The standard InChI is InChI=1S/C16H20N2O/c1-2-18-15-9-5-4-8-13(15)14(17-18)12-16(19)10-6-3-7-11-16/h4-6,8-10,19H,2-3,7,11-12H2,1H3. The normalized spacial score (nSPS) is 23.1. The quantitative estimate of drug-likeness (QED) is 0.857. The highest BCUT2D eigenvalue weighted by atomic mass is 16.3. The Hall–Kier alpha value is -1.61. The van der Waals surface area contributed by atoms with Gasteiger partial charge in [0.1, 0.15) is 0 Å². The molecule has 0 fully saturated rings. The molecule has 1 aliphatic carbocycles. The van der Waals surface area contributed by atoms with Crippen molar-refractivity contribution in [1.29, 1.82) is 0 Å². The first kappa shape index (κ1) is 12.4. The molecule has 3 heteroatoms. The number of allylic oxidation sites excluding steroid dienone is 1. The number of fused-ring (bicyclic) bond motifs is 1. The summed E-state index contributed by atoms with van der Waals surface area (Å²) < 4.78 is 2.01. The van der Waals surface area contributed by atoms with E-state index in [9.17, 15) is 5.11 Å². The highest BCUT2D eigenvalue weighted by Gasteiger charge is 2.27. The summed E-state index contributed by atoms with van der Waals surface area (Å²) in [6.07, 6.45) is 7.61. The van der Waals surface area contributed by atoms with E-state index in [4.69, 9.17) is 0 Å². The molecule has 2 aromatic rings. The van der Waals surface area contributed by atoms with Gasteiger partial charge in [0.05, 0.1) is 16.8 Å². The van der Waals surface area contributed by atoms with Gasteiger partial charge in [-0.05, 0) is 32.3 Å². The van der Waals surface area contributed by atoms with E-state index >= 15 is 0 Å². The zero-order valence-electron chi connectivity index (χ0n) is 11.3. The molecule has 3 rings (SSSR count). The van der Waals surface area contributed by atoms with Crippen molar-refractivity contribution in [3.05, 3.63) is 42.1 Å². The van der Waals surface area contributed by atoms with Crippen LogP contribution < -0.4 is 0 Å². The average Bonchev–Trinajstić information content (AvgIpc) is 2.77. The maximum Gasteiger partial charge on any atom is 0.0883 e. The smallest absolute Gasteiger partial charge is 0.0883 e. The van der Waals surface area contributed by atoms with E-state index in [0.717, 1.165) is 42.4 Å². The highest BCUT2D eigenvalue weighted by molar-refractivity contribution is 5.82. The van der Waals surface area contributed by atoms with Gasteiger partial charge < -0.3 is 5.11 Å². The summed E-state index contributed by atoms with van der Waals surface area (Å²) in [5.41, 5.74) is 1.45. The van der Waals surface area contributed by atoms with E-state index < -0.39 is 5.60 Å². The first-order valence-electron chi connectivity index (χ1n) is 7.06. The van der Waals surface area contributed by atoms with Crippen LogP contribution >= 0.6 is 0 Å². The van der Waals surface area contributed by atoms with Crippen LogP contribution in [-0.2, 0) is 13.0 Å². The minimum absolute atomic E-state index is 0.608. The molecule has 0 saturated carbocycles. The number of hydrogen-bond acceptors (Lipinski definition) is 2. The Bertz CT molecular complexity index is 614. The lowest BCUT2D eigenvalue weighted by molar-refractivity contribution is 0.0742. The van der Waals surface area contributed by atoms with Crippen LogP contribution in [0.25, 0.3) is 10.9 Å². The predicted molar refractivity (Wildman–Crippen MR) is 77.1 cm³/mol. The first-order chi connectivity index (χ1) is 9.22. The van der Waals surface area contributed by atoms with E-state index in [1.54, 1.807) is 0 Å². The van der Waals surface area contributed by atoms with Crippen molar-refractivity contribution < 1.29 is 5.11 Å². The maximum atomic E-state index is 10.6. The van der Waals surface area contributed by atoms with Crippen molar-refractivity contribution in [3.8, 4) is 0 Å². The molecule has 100 valence electrons. The Morgan fingerprint density at radius 1 is 1.37 bits per heavy atom. The van der Waals surface area contributed by atoms with Gasteiger partial charge in [-0.2, -0.15) is 5.10 Å². The topological polar surface area (TPSA) is 38.0 Å². The summed E-state index contributed by atoms with van der Waals surface area (Å²) in [5.74, 6) is 0. The van der Waals surface area contributed by atoms with Crippen LogP contribution in [0.15, 0.2) is 36.4 Å². The van der Waals surface area contributed by atoms with Gasteiger partial charge >= 0.3 is 0 Å². The summed E-state index contributed by atoms with van der Waals surface area (Å²) >= 11 is 0. The Balaban J connectivity index is 2.01. The van der Waals surface area contributed by atoms with Crippen molar-refractivity contribution >= 4 is 10.9 Å². The number of rotatable bonds is 3. The molecule has 1 aromatic heterocycles. The first-order valence-corrected chi connectivity index (χ1v) is 7.06. The number of aryl methyl sites for hydroxylation is 1. The minimum Gasteiger partial charge on any atom is -0.385 e. The van der Waals surface area contributed by atoms with E-state index in [1.807, 2.05) is 22.9 Å². The van der Waals surface area contributed by atoms with Crippen molar-refractivity contribution in [2.24, 2.45) is 0 Å². The monoisotopic (exact) mass is 256 g/mol. The van der Waals surface area contributed by atoms with Crippen molar-refractivity contribution in [2.75, 3.05) is 0 Å². The molecule has 1 atom stereocenters. The molecule has 0 spiro atoms. The number of para-hydroxylation sites is 1. The Labute approximate surface area is 113 Å². The zero-order chi connectivity index (χ0) is 13.3. The predicted octanol–water partition coefficient (Wildman–Crippen LogP) is 3.07. The highest BCUT2D eigenvalue weighted by Crippen LogP contribution is 2.28. The number of hydrogen-bond donors (Lipinski definition) is 1.